The van der Waals surface area contributed by atoms with Crippen molar-refractivity contribution in [3.05, 3.63) is 70.8 Å². The van der Waals surface area contributed by atoms with Crippen LogP contribution in [-0.4, -0.2) is 18.5 Å². The molecule has 0 saturated heterocycles. The molecule has 0 unspecified atom stereocenters. The molecule has 2 aromatic rings. The van der Waals surface area contributed by atoms with Crippen LogP contribution in [0, 0.1) is 0 Å². The quantitative estimate of drug-likeness (QED) is 0.547. The largest absolute Gasteiger partial charge is 0.452 e. The molecule has 0 heterocycles. The van der Waals surface area contributed by atoms with Crippen LogP contribution in [0.5, 0.6) is 0 Å². The first kappa shape index (κ1) is 19.7. The highest BCUT2D eigenvalue weighted by Crippen LogP contribution is 2.26. The second-order valence-corrected chi connectivity index (χ2v) is 6.31. The van der Waals surface area contributed by atoms with Crippen molar-refractivity contribution < 1.29 is 14.3 Å². The van der Waals surface area contributed by atoms with Gasteiger partial charge in [-0.15, -0.1) is 0 Å². The van der Waals surface area contributed by atoms with Gasteiger partial charge in [0, 0.05) is 16.8 Å². The maximum Gasteiger partial charge on any atom is 0.331 e. The summed E-state index contributed by atoms with van der Waals surface area (Å²) in [5.74, 6) is -0.650. The summed E-state index contributed by atoms with van der Waals surface area (Å²) in [6.07, 6.45) is 3.77. The molecule has 4 nitrogen and oxygen atoms in total. The van der Waals surface area contributed by atoms with Crippen molar-refractivity contribution in [3.8, 4) is 0 Å². The van der Waals surface area contributed by atoms with Crippen LogP contribution in [0.1, 0.15) is 37.3 Å². The fourth-order valence-corrected chi connectivity index (χ4v) is 2.60. The normalized spacial score (nSPS) is 12.0. The first-order valence-corrected chi connectivity index (χ1v) is 8.87. The first-order valence-electron chi connectivity index (χ1n) is 8.49. The number of ether oxygens (including phenoxy) is 1. The van der Waals surface area contributed by atoms with E-state index in [1.165, 1.54) is 6.08 Å². The van der Waals surface area contributed by atoms with Crippen LogP contribution in [0.25, 0.3) is 6.08 Å². The Kier molecular flexibility index (Phi) is 7.42. The van der Waals surface area contributed by atoms with Gasteiger partial charge >= 0.3 is 5.97 Å². The minimum Gasteiger partial charge on any atom is -0.452 e. The van der Waals surface area contributed by atoms with Crippen LogP contribution in [0.4, 0.5) is 5.69 Å². The number of benzene rings is 2. The van der Waals surface area contributed by atoms with Gasteiger partial charge in [0.05, 0.1) is 0 Å². The van der Waals surface area contributed by atoms with Crippen LogP contribution in [0.15, 0.2) is 54.6 Å². The highest BCUT2D eigenvalue weighted by molar-refractivity contribution is 6.32. The van der Waals surface area contributed by atoms with Crippen molar-refractivity contribution >= 4 is 35.2 Å². The summed E-state index contributed by atoms with van der Waals surface area (Å²) in [5.41, 5.74) is 2.51. The molecule has 1 N–H and O–H groups in total. The number of carbonyl (C=O) groups excluding carboxylic acids is 2. The molecule has 1 amide bonds. The van der Waals surface area contributed by atoms with Gasteiger partial charge in [0.1, 0.15) is 0 Å². The standard InChI is InChI=1S/C21H22ClNO3/c1-3-15(2)17-9-5-7-11-19(17)23-20(24)14-26-21(25)13-12-16-8-4-6-10-18(16)22/h4-13,15H,3,14H2,1-2H3,(H,23,24)/b13-12+/t15-/m1/s1. The number of nitrogens with one attached hydrogen (secondary N) is 1. The van der Waals surface area contributed by atoms with E-state index in [-0.39, 0.29) is 12.5 Å². The average Bonchev–Trinajstić information content (AvgIpc) is 2.65. The second kappa shape index (κ2) is 9.78. The summed E-state index contributed by atoms with van der Waals surface area (Å²) < 4.78 is 4.98. The zero-order chi connectivity index (χ0) is 18.9. The predicted octanol–water partition coefficient (Wildman–Crippen LogP) is 5.05. The van der Waals surface area contributed by atoms with E-state index >= 15 is 0 Å². The van der Waals surface area contributed by atoms with Crippen LogP contribution in [0.3, 0.4) is 0 Å². The Hall–Kier alpha value is -2.59. The zero-order valence-corrected chi connectivity index (χ0v) is 15.6. The Morgan fingerprint density at radius 3 is 2.58 bits per heavy atom. The summed E-state index contributed by atoms with van der Waals surface area (Å²) in [4.78, 5) is 23.8. The van der Waals surface area contributed by atoms with Gasteiger partial charge in [-0.2, -0.15) is 0 Å². The van der Waals surface area contributed by atoms with Crippen molar-refractivity contribution in [1.82, 2.24) is 0 Å². The second-order valence-electron chi connectivity index (χ2n) is 5.91. The predicted molar refractivity (Wildman–Crippen MR) is 105 cm³/mol. The molecule has 0 aromatic heterocycles. The SMILES string of the molecule is CC[C@@H](C)c1ccccc1NC(=O)COC(=O)/C=C/c1ccccc1Cl. The summed E-state index contributed by atoms with van der Waals surface area (Å²) >= 11 is 6.01. The minimum absolute atomic E-state index is 0.326. The van der Waals surface area contributed by atoms with E-state index in [1.807, 2.05) is 30.3 Å². The van der Waals surface area contributed by atoms with Gasteiger partial charge in [-0.1, -0.05) is 61.8 Å². The van der Waals surface area contributed by atoms with Gasteiger partial charge in [-0.05, 0) is 41.7 Å². The monoisotopic (exact) mass is 371 g/mol. The highest BCUT2D eigenvalue weighted by Gasteiger charge is 2.12. The van der Waals surface area contributed by atoms with Gasteiger partial charge in [-0.25, -0.2) is 4.79 Å². The number of anilines is 1. The van der Waals surface area contributed by atoms with Crippen LogP contribution in [-0.2, 0) is 14.3 Å². The molecule has 136 valence electrons. The maximum atomic E-state index is 12.1. The van der Waals surface area contributed by atoms with E-state index < -0.39 is 5.97 Å². The Balaban J connectivity index is 1.89. The average molecular weight is 372 g/mol. The number of hydrogen-bond donors (Lipinski definition) is 1. The van der Waals surface area contributed by atoms with Gasteiger partial charge < -0.3 is 10.1 Å². The summed E-state index contributed by atoms with van der Waals surface area (Å²) in [7, 11) is 0. The van der Waals surface area contributed by atoms with E-state index in [9.17, 15) is 9.59 Å². The van der Waals surface area contributed by atoms with Crippen LogP contribution >= 0.6 is 11.6 Å². The van der Waals surface area contributed by atoms with Gasteiger partial charge in [0.15, 0.2) is 6.61 Å². The lowest BCUT2D eigenvalue weighted by Gasteiger charge is -2.15. The molecule has 0 saturated carbocycles. The van der Waals surface area contributed by atoms with Crippen molar-refractivity contribution in [1.29, 1.82) is 0 Å². The van der Waals surface area contributed by atoms with E-state index in [1.54, 1.807) is 24.3 Å². The van der Waals surface area contributed by atoms with E-state index in [0.29, 0.717) is 16.5 Å². The highest BCUT2D eigenvalue weighted by atomic mass is 35.5. The summed E-state index contributed by atoms with van der Waals surface area (Å²) in [6.45, 7) is 3.85. The molecule has 0 bridgehead atoms. The van der Waals surface area contributed by atoms with Crippen molar-refractivity contribution in [2.45, 2.75) is 26.2 Å². The third-order valence-electron chi connectivity index (χ3n) is 4.03. The third-order valence-corrected chi connectivity index (χ3v) is 4.37. The molecule has 5 heteroatoms. The summed E-state index contributed by atoms with van der Waals surface area (Å²) in [5, 5.41) is 3.34. The van der Waals surface area contributed by atoms with Crippen molar-refractivity contribution in [2.75, 3.05) is 11.9 Å². The van der Waals surface area contributed by atoms with E-state index in [0.717, 1.165) is 17.7 Å². The number of amides is 1. The lowest BCUT2D eigenvalue weighted by molar-refractivity contribution is -0.142. The molecular weight excluding hydrogens is 350 g/mol. The maximum absolute atomic E-state index is 12.1. The fraction of sp³-hybridized carbons (Fsp3) is 0.238. The lowest BCUT2D eigenvalue weighted by atomic mass is 9.97. The van der Waals surface area contributed by atoms with Crippen LogP contribution < -0.4 is 5.32 Å². The number of esters is 1. The van der Waals surface area contributed by atoms with Crippen LogP contribution in [0.2, 0.25) is 5.02 Å². The molecule has 0 aliphatic rings. The van der Waals surface area contributed by atoms with Gasteiger partial charge in [-0.3, -0.25) is 4.79 Å². The topological polar surface area (TPSA) is 55.4 Å². The third kappa shape index (κ3) is 5.74. The molecule has 0 radical (unpaired) electrons. The fourth-order valence-electron chi connectivity index (χ4n) is 2.40. The molecular formula is C21H22ClNO3. The lowest BCUT2D eigenvalue weighted by Crippen LogP contribution is -2.21. The molecule has 1 atom stereocenters. The van der Waals surface area contributed by atoms with E-state index in [2.05, 4.69) is 19.2 Å². The Morgan fingerprint density at radius 2 is 1.85 bits per heavy atom. The number of rotatable bonds is 7. The zero-order valence-electron chi connectivity index (χ0n) is 14.9. The minimum atomic E-state index is -0.602. The molecule has 0 aliphatic carbocycles. The number of para-hydroxylation sites is 1. The molecule has 0 aliphatic heterocycles. The Morgan fingerprint density at radius 1 is 1.15 bits per heavy atom. The van der Waals surface area contributed by atoms with Crippen molar-refractivity contribution in [2.24, 2.45) is 0 Å². The molecule has 0 spiro atoms. The van der Waals surface area contributed by atoms with Gasteiger partial charge in [0.25, 0.3) is 5.91 Å². The number of hydrogen-bond acceptors (Lipinski definition) is 3. The van der Waals surface area contributed by atoms with Gasteiger partial charge in [0.2, 0.25) is 0 Å². The van der Waals surface area contributed by atoms with E-state index in [4.69, 9.17) is 16.3 Å². The Labute approximate surface area is 158 Å². The molecule has 2 rings (SSSR count). The molecule has 0 fully saturated rings. The number of halogens is 1. The first-order chi connectivity index (χ1) is 12.5. The van der Waals surface area contributed by atoms with Crippen molar-refractivity contribution in [3.63, 3.8) is 0 Å². The smallest absolute Gasteiger partial charge is 0.331 e. The molecule has 26 heavy (non-hydrogen) atoms. The summed E-state index contributed by atoms with van der Waals surface area (Å²) in [6, 6.07) is 14.8. The Bertz CT molecular complexity index is 801. The number of carbonyl (C=O) groups is 2. The molecule has 2 aromatic carbocycles.